The van der Waals surface area contributed by atoms with Crippen molar-refractivity contribution in [2.24, 2.45) is 5.92 Å². The quantitative estimate of drug-likeness (QED) is 0.774. The Morgan fingerprint density at radius 3 is 2.20 bits per heavy atom. The number of sulfonamides is 1. The molecule has 0 bridgehead atoms. The summed E-state index contributed by atoms with van der Waals surface area (Å²) >= 11 is 0. The van der Waals surface area contributed by atoms with Crippen LogP contribution >= 0.6 is 0 Å². The lowest BCUT2D eigenvalue weighted by Gasteiger charge is -2.17. The summed E-state index contributed by atoms with van der Waals surface area (Å²) in [4.78, 5) is 0.315. The Labute approximate surface area is 123 Å². The predicted octanol–water partition coefficient (Wildman–Crippen LogP) is 3.22. The Hall–Kier alpha value is -1.07. The van der Waals surface area contributed by atoms with Gasteiger partial charge in [-0.25, -0.2) is 13.1 Å². The number of hydrogen-bond acceptors (Lipinski definition) is 3. The Balaban J connectivity index is 2.72. The Bertz CT molecular complexity index is 497. The van der Waals surface area contributed by atoms with Gasteiger partial charge in [0, 0.05) is 18.3 Å². The van der Waals surface area contributed by atoms with Crippen molar-refractivity contribution in [3.63, 3.8) is 0 Å². The molecule has 0 saturated heterocycles. The zero-order valence-corrected chi connectivity index (χ0v) is 13.6. The average Bonchev–Trinajstić information content (AvgIpc) is 2.38. The Morgan fingerprint density at radius 1 is 1.10 bits per heavy atom. The molecule has 0 saturated carbocycles. The van der Waals surface area contributed by atoms with E-state index in [4.69, 9.17) is 0 Å². The van der Waals surface area contributed by atoms with Crippen LogP contribution in [0.25, 0.3) is 0 Å². The number of anilines is 1. The molecule has 1 aromatic rings. The second kappa shape index (κ2) is 7.64. The van der Waals surface area contributed by atoms with Gasteiger partial charge < -0.3 is 5.32 Å². The van der Waals surface area contributed by atoms with Gasteiger partial charge in [0.25, 0.3) is 0 Å². The van der Waals surface area contributed by atoms with Crippen molar-refractivity contribution in [1.29, 1.82) is 0 Å². The molecule has 114 valence electrons. The Morgan fingerprint density at radius 2 is 1.70 bits per heavy atom. The van der Waals surface area contributed by atoms with E-state index < -0.39 is 10.0 Å². The van der Waals surface area contributed by atoms with E-state index in [2.05, 4.69) is 23.9 Å². The normalized spacial score (nSPS) is 14.8. The first-order valence-corrected chi connectivity index (χ1v) is 8.73. The molecule has 5 heteroatoms. The van der Waals surface area contributed by atoms with Gasteiger partial charge in [0.05, 0.1) is 4.90 Å². The molecule has 0 amide bonds. The summed E-state index contributed by atoms with van der Waals surface area (Å²) in [5.41, 5.74) is 0.930. The van der Waals surface area contributed by atoms with E-state index in [9.17, 15) is 8.42 Å². The van der Waals surface area contributed by atoms with Gasteiger partial charge in [-0.05, 0) is 50.5 Å². The predicted molar refractivity (Wildman–Crippen MR) is 84.5 cm³/mol. The first-order chi connectivity index (χ1) is 9.39. The van der Waals surface area contributed by atoms with E-state index in [1.54, 1.807) is 24.3 Å². The molecule has 0 aliphatic heterocycles. The topological polar surface area (TPSA) is 58.2 Å². The second-order valence-corrected chi connectivity index (χ2v) is 7.04. The average molecular weight is 298 g/mol. The third-order valence-corrected chi connectivity index (χ3v) is 4.96. The highest BCUT2D eigenvalue weighted by atomic mass is 32.2. The van der Waals surface area contributed by atoms with E-state index >= 15 is 0 Å². The van der Waals surface area contributed by atoms with Crippen LogP contribution in [0.2, 0.25) is 0 Å². The van der Waals surface area contributed by atoms with Crippen molar-refractivity contribution >= 4 is 15.7 Å². The lowest BCUT2D eigenvalue weighted by Crippen LogP contribution is -2.33. The molecule has 2 N–H and O–H groups in total. The minimum Gasteiger partial charge on any atom is -0.385 e. The van der Waals surface area contributed by atoms with Gasteiger partial charge in [0.15, 0.2) is 0 Å². The summed E-state index contributed by atoms with van der Waals surface area (Å²) in [6, 6.07) is 6.80. The summed E-state index contributed by atoms with van der Waals surface area (Å²) in [5.74, 6) is 0.517. The van der Waals surface area contributed by atoms with Crippen molar-refractivity contribution in [2.45, 2.75) is 51.5 Å². The molecule has 0 spiro atoms. The van der Waals surface area contributed by atoms with Crippen LogP contribution < -0.4 is 10.0 Å². The molecule has 0 heterocycles. The highest BCUT2D eigenvalue weighted by Crippen LogP contribution is 2.16. The monoisotopic (exact) mass is 298 g/mol. The standard InChI is InChI=1S/C15H26N2O2S/c1-5-12(3)11-13(4)17-20(18,19)15-9-7-14(8-10-15)16-6-2/h7-10,12-13,16-17H,5-6,11H2,1-4H3. The highest BCUT2D eigenvalue weighted by molar-refractivity contribution is 7.89. The minimum absolute atomic E-state index is 0.0524. The molecule has 0 aromatic heterocycles. The van der Waals surface area contributed by atoms with Gasteiger partial charge in [-0.15, -0.1) is 0 Å². The smallest absolute Gasteiger partial charge is 0.240 e. The van der Waals surface area contributed by atoms with E-state index in [0.29, 0.717) is 10.8 Å². The number of rotatable bonds is 8. The minimum atomic E-state index is -3.42. The van der Waals surface area contributed by atoms with Crippen molar-refractivity contribution in [3.05, 3.63) is 24.3 Å². The highest BCUT2D eigenvalue weighted by Gasteiger charge is 2.18. The maximum Gasteiger partial charge on any atom is 0.240 e. The van der Waals surface area contributed by atoms with Crippen molar-refractivity contribution in [1.82, 2.24) is 4.72 Å². The van der Waals surface area contributed by atoms with Gasteiger partial charge in [0.1, 0.15) is 0 Å². The molecule has 0 radical (unpaired) electrons. The van der Waals surface area contributed by atoms with E-state index in [1.165, 1.54) is 0 Å². The van der Waals surface area contributed by atoms with Crippen molar-refractivity contribution in [2.75, 3.05) is 11.9 Å². The molecule has 2 unspecified atom stereocenters. The molecular formula is C15H26N2O2S. The SMILES string of the molecule is CCNc1ccc(S(=O)(=O)NC(C)CC(C)CC)cc1. The fourth-order valence-corrected chi connectivity index (χ4v) is 3.36. The molecule has 20 heavy (non-hydrogen) atoms. The van der Waals surface area contributed by atoms with E-state index in [-0.39, 0.29) is 6.04 Å². The van der Waals surface area contributed by atoms with E-state index in [0.717, 1.165) is 25.1 Å². The lowest BCUT2D eigenvalue weighted by atomic mass is 10.0. The third kappa shape index (κ3) is 5.13. The van der Waals surface area contributed by atoms with Crippen molar-refractivity contribution in [3.8, 4) is 0 Å². The van der Waals surface area contributed by atoms with Gasteiger partial charge in [0.2, 0.25) is 10.0 Å². The van der Waals surface area contributed by atoms with Crippen LogP contribution in [0.4, 0.5) is 5.69 Å². The summed E-state index contributed by atoms with van der Waals surface area (Å²) < 4.78 is 27.2. The number of nitrogens with one attached hydrogen (secondary N) is 2. The number of benzene rings is 1. The maximum absolute atomic E-state index is 12.3. The zero-order chi connectivity index (χ0) is 15.2. The van der Waals surface area contributed by atoms with Gasteiger partial charge in [-0.2, -0.15) is 0 Å². The molecule has 0 aliphatic carbocycles. The van der Waals surface area contributed by atoms with Crippen LogP contribution in [-0.4, -0.2) is 21.0 Å². The van der Waals surface area contributed by atoms with Crippen molar-refractivity contribution < 1.29 is 8.42 Å². The summed E-state index contributed by atoms with van der Waals surface area (Å²) in [7, 11) is -3.42. The first kappa shape index (κ1) is 17.0. The summed E-state index contributed by atoms with van der Waals surface area (Å²) in [6.45, 7) is 8.98. The fraction of sp³-hybridized carbons (Fsp3) is 0.600. The first-order valence-electron chi connectivity index (χ1n) is 7.25. The van der Waals surface area contributed by atoms with Gasteiger partial charge in [-0.3, -0.25) is 0 Å². The maximum atomic E-state index is 12.3. The second-order valence-electron chi connectivity index (χ2n) is 5.33. The van der Waals surface area contributed by atoms with Gasteiger partial charge >= 0.3 is 0 Å². The lowest BCUT2D eigenvalue weighted by molar-refractivity contribution is 0.445. The molecule has 1 aromatic carbocycles. The summed E-state index contributed by atoms with van der Waals surface area (Å²) in [6.07, 6.45) is 1.91. The van der Waals surface area contributed by atoms with Crippen LogP contribution in [-0.2, 0) is 10.0 Å². The molecular weight excluding hydrogens is 272 g/mol. The van der Waals surface area contributed by atoms with Crippen LogP contribution in [0.3, 0.4) is 0 Å². The van der Waals surface area contributed by atoms with Gasteiger partial charge in [-0.1, -0.05) is 20.3 Å². The molecule has 0 aliphatic rings. The Kier molecular flexibility index (Phi) is 6.49. The van der Waals surface area contributed by atoms with Crippen LogP contribution in [0, 0.1) is 5.92 Å². The zero-order valence-electron chi connectivity index (χ0n) is 12.8. The molecule has 2 atom stereocenters. The van der Waals surface area contributed by atoms with Crippen LogP contribution in [0.1, 0.15) is 40.5 Å². The molecule has 1 rings (SSSR count). The number of hydrogen-bond donors (Lipinski definition) is 2. The van der Waals surface area contributed by atoms with E-state index in [1.807, 2.05) is 13.8 Å². The van der Waals surface area contributed by atoms with Crippen LogP contribution in [0.15, 0.2) is 29.2 Å². The van der Waals surface area contributed by atoms with Crippen LogP contribution in [0.5, 0.6) is 0 Å². The molecule has 0 fully saturated rings. The summed E-state index contributed by atoms with van der Waals surface area (Å²) in [5, 5.41) is 3.15. The largest absolute Gasteiger partial charge is 0.385 e. The third-order valence-electron chi connectivity index (χ3n) is 3.35. The molecule has 4 nitrogen and oxygen atoms in total. The fourth-order valence-electron chi connectivity index (χ4n) is 2.11.